The van der Waals surface area contributed by atoms with Crippen molar-refractivity contribution in [2.45, 2.75) is 64.6 Å². The van der Waals surface area contributed by atoms with Crippen molar-refractivity contribution in [3.05, 3.63) is 65.5 Å². The van der Waals surface area contributed by atoms with Crippen LogP contribution in [0.5, 0.6) is 0 Å². The number of nitrogens with zero attached hydrogens (tertiary/aromatic N) is 2. The molecule has 3 amide bonds. The maximum Gasteiger partial charge on any atom is 0.315 e. The highest BCUT2D eigenvalue weighted by atomic mass is 16.2. The summed E-state index contributed by atoms with van der Waals surface area (Å²) in [5.41, 5.74) is 1.73. The minimum absolute atomic E-state index is 0.106. The van der Waals surface area contributed by atoms with E-state index in [1.54, 1.807) is 12.4 Å². The first-order chi connectivity index (χ1) is 16.0. The lowest BCUT2D eigenvalue weighted by molar-refractivity contribution is -0.132. The van der Waals surface area contributed by atoms with Crippen molar-refractivity contribution in [1.82, 2.24) is 25.8 Å². The summed E-state index contributed by atoms with van der Waals surface area (Å²) < 4.78 is 0. The summed E-state index contributed by atoms with van der Waals surface area (Å²) in [5.74, 6) is -0.0158. The van der Waals surface area contributed by atoms with Gasteiger partial charge in [0.15, 0.2) is 5.96 Å². The third kappa shape index (κ3) is 5.88. The second-order valence-corrected chi connectivity index (χ2v) is 8.39. The van der Waals surface area contributed by atoms with Gasteiger partial charge in [-0.3, -0.25) is 20.1 Å². The Labute approximate surface area is 195 Å². The van der Waals surface area contributed by atoms with E-state index in [-0.39, 0.29) is 17.9 Å². The summed E-state index contributed by atoms with van der Waals surface area (Å²) in [5, 5.41) is 17.3. The molecule has 33 heavy (non-hydrogen) atoms. The van der Waals surface area contributed by atoms with Crippen LogP contribution in [0.1, 0.15) is 62.6 Å². The van der Waals surface area contributed by atoms with E-state index >= 15 is 0 Å². The van der Waals surface area contributed by atoms with Gasteiger partial charge in [0.1, 0.15) is 5.54 Å². The summed E-state index contributed by atoms with van der Waals surface area (Å²) in [6.07, 6.45) is 7.82. The number of unbranched alkanes of at least 4 members (excludes halogenated alkanes) is 2. The molecule has 4 N–H and O–H groups in total. The molecule has 1 atom stereocenters. The lowest BCUT2D eigenvalue weighted by atomic mass is 9.85. The Kier molecular flexibility index (Phi) is 8.40. The molecule has 0 saturated carbocycles. The zero-order chi connectivity index (χ0) is 23.7. The lowest BCUT2D eigenvalue weighted by Crippen LogP contribution is -2.44. The fourth-order valence-corrected chi connectivity index (χ4v) is 3.94. The van der Waals surface area contributed by atoms with Gasteiger partial charge in [0.2, 0.25) is 0 Å². The number of rotatable bonds is 11. The van der Waals surface area contributed by atoms with Gasteiger partial charge in [0.05, 0.1) is 6.54 Å². The van der Waals surface area contributed by atoms with Crippen molar-refractivity contribution in [2.75, 3.05) is 6.54 Å². The monoisotopic (exact) mass is 450 g/mol. The molecule has 0 aliphatic carbocycles. The number of guanidine groups is 1. The number of nitrogens with one attached hydrogen (secondary N) is 4. The van der Waals surface area contributed by atoms with E-state index in [1.807, 2.05) is 36.4 Å². The van der Waals surface area contributed by atoms with Gasteiger partial charge in [-0.05, 0) is 30.0 Å². The van der Waals surface area contributed by atoms with Crippen LogP contribution in [-0.4, -0.2) is 34.3 Å². The minimum Gasteiger partial charge on any atom is -0.338 e. The van der Waals surface area contributed by atoms with E-state index in [0.717, 1.165) is 42.4 Å². The number of urea groups is 1. The highest BCUT2D eigenvalue weighted by Gasteiger charge is 2.50. The summed E-state index contributed by atoms with van der Waals surface area (Å²) >= 11 is 0. The van der Waals surface area contributed by atoms with Crippen LogP contribution in [0.2, 0.25) is 0 Å². The van der Waals surface area contributed by atoms with Gasteiger partial charge >= 0.3 is 6.03 Å². The van der Waals surface area contributed by atoms with Gasteiger partial charge in [-0.1, -0.05) is 63.4 Å². The van der Waals surface area contributed by atoms with Crippen LogP contribution in [0.15, 0.2) is 48.8 Å². The Morgan fingerprint density at radius 1 is 1.09 bits per heavy atom. The van der Waals surface area contributed by atoms with Gasteiger partial charge in [-0.2, -0.15) is 0 Å². The molecule has 1 aliphatic heterocycles. The zero-order valence-corrected chi connectivity index (χ0v) is 19.5. The predicted octanol–water partition coefficient (Wildman–Crippen LogP) is 3.63. The molecule has 1 unspecified atom stereocenters. The fraction of sp³-hybridized carbons (Fsp3) is 0.440. The first kappa shape index (κ1) is 24.2. The van der Waals surface area contributed by atoms with E-state index in [4.69, 9.17) is 5.41 Å². The number of hydrogen-bond acceptors (Lipinski definition) is 4. The third-order valence-electron chi connectivity index (χ3n) is 5.90. The maximum atomic E-state index is 13.5. The summed E-state index contributed by atoms with van der Waals surface area (Å²) in [6.45, 7) is 5.58. The largest absolute Gasteiger partial charge is 0.338 e. The van der Waals surface area contributed by atoms with Gasteiger partial charge < -0.3 is 16.0 Å². The van der Waals surface area contributed by atoms with Gasteiger partial charge in [0.25, 0.3) is 5.91 Å². The molecule has 8 heteroatoms. The van der Waals surface area contributed by atoms with E-state index < -0.39 is 5.54 Å². The zero-order valence-electron chi connectivity index (χ0n) is 19.5. The van der Waals surface area contributed by atoms with Crippen LogP contribution in [0.3, 0.4) is 0 Å². The number of benzene rings is 1. The topological polar surface area (TPSA) is 110 Å². The fourth-order valence-electron chi connectivity index (χ4n) is 3.94. The first-order valence-electron chi connectivity index (χ1n) is 11.7. The number of carbonyl (C=O) groups is 2. The standard InChI is InChI=1S/C25H34N6O2/c1-3-5-13-25(21-8-7-14-27-17-21)22(32)31(23(26)30-25)18-20-11-9-19(10-12-20)16-29-24(33)28-15-6-4-2/h7-12,14,17H,3-6,13,15-16,18H2,1-2H3,(H2,26,30)(H2,28,29,33). The molecule has 1 aliphatic rings. The summed E-state index contributed by atoms with van der Waals surface area (Å²) in [6, 6.07) is 11.3. The quantitative estimate of drug-likeness (QED) is 0.392. The third-order valence-corrected chi connectivity index (χ3v) is 5.90. The molecule has 0 spiro atoms. The predicted molar refractivity (Wildman–Crippen MR) is 128 cm³/mol. The highest BCUT2D eigenvalue weighted by molar-refractivity contribution is 6.08. The molecule has 1 saturated heterocycles. The Morgan fingerprint density at radius 3 is 2.48 bits per heavy atom. The van der Waals surface area contributed by atoms with Crippen molar-refractivity contribution < 1.29 is 9.59 Å². The molecule has 1 aromatic carbocycles. The Bertz CT molecular complexity index is 947. The lowest BCUT2D eigenvalue weighted by Gasteiger charge is -2.27. The number of carbonyl (C=O) groups excluding carboxylic acids is 2. The molecular weight excluding hydrogens is 416 g/mol. The SMILES string of the molecule is CCCCNC(=O)NCc1ccc(CN2C(=N)NC(CCCC)(c3cccnc3)C2=O)cc1. The van der Waals surface area contributed by atoms with E-state index in [1.165, 1.54) is 4.90 Å². The number of aromatic nitrogens is 1. The molecular formula is C25H34N6O2. The van der Waals surface area contributed by atoms with Crippen LogP contribution in [0.25, 0.3) is 0 Å². The van der Waals surface area contributed by atoms with Gasteiger partial charge in [0, 0.05) is 31.0 Å². The van der Waals surface area contributed by atoms with Crippen molar-refractivity contribution >= 4 is 17.9 Å². The summed E-state index contributed by atoms with van der Waals surface area (Å²) in [4.78, 5) is 31.0. The maximum absolute atomic E-state index is 13.5. The van der Waals surface area contributed by atoms with Crippen LogP contribution in [0, 0.1) is 5.41 Å². The minimum atomic E-state index is -0.948. The Morgan fingerprint density at radius 2 is 1.82 bits per heavy atom. The molecule has 3 rings (SSSR count). The van der Waals surface area contributed by atoms with Crippen LogP contribution in [0.4, 0.5) is 4.79 Å². The summed E-state index contributed by atoms with van der Waals surface area (Å²) in [7, 11) is 0. The Balaban J connectivity index is 1.65. The number of amides is 3. The number of hydrogen-bond donors (Lipinski definition) is 4. The van der Waals surface area contributed by atoms with Crippen molar-refractivity contribution in [2.24, 2.45) is 0 Å². The second-order valence-electron chi connectivity index (χ2n) is 8.39. The van der Waals surface area contributed by atoms with Crippen LogP contribution >= 0.6 is 0 Å². The average molecular weight is 451 g/mol. The highest BCUT2D eigenvalue weighted by Crippen LogP contribution is 2.34. The Hall–Kier alpha value is -3.42. The molecule has 2 aromatic rings. The normalized spacial score (nSPS) is 17.7. The molecule has 8 nitrogen and oxygen atoms in total. The molecule has 176 valence electrons. The number of pyridine rings is 1. The first-order valence-corrected chi connectivity index (χ1v) is 11.7. The smallest absolute Gasteiger partial charge is 0.315 e. The van der Waals surface area contributed by atoms with Crippen molar-refractivity contribution in [3.63, 3.8) is 0 Å². The van der Waals surface area contributed by atoms with Crippen molar-refractivity contribution in [3.8, 4) is 0 Å². The van der Waals surface area contributed by atoms with Gasteiger partial charge in [-0.25, -0.2) is 4.79 Å². The molecule has 1 fully saturated rings. The van der Waals surface area contributed by atoms with Crippen molar-refractivity contribution in [1.29, 1.82) is 5.41 Å². The molecule has 0 bridgehead atoms. The van der Waals surface area contributed by atoms with E-state index in [2.05, 4.69) is 34.8 Å². The van der Waals surface area contributed by atoms with E-state index in [0.29, 0.717) is 26.1 Å². The molecule has 2 heterocycles. The second kappa shape index (κ2) is 11.4. The van der Waals surface area contributed by atoms with Crippen LogP contribution in [-0.2, 0) is 23.4 Å². The van der Waals surface area contributed by atoms with Crippen LogP contribution < -0.4 is 16.0 Å². The molecule has 1 aromatic heterocycles. The molecule has 0 radical (unpaired) electrons. The van der Waals surface area contributed by atoms with E-state index in [9.17, 15) is 9.59 Å². The van der Waals surface area contributed by atoms with Gasteiger partial charge in [-0.15, -0.1) is 0 Å². The average Bonchev–Trinajstić information content (AvgIpc) is 3.08.